The highest BCUT2D eigenvalue weighted by Gasteiger charge is 2.33. The van der Waals surface area contributed by atoms with E-state index >= 15 is 0 Å². The summed E-state index contributed by atoms with van der Waals surface area (Å²) in [5, 5.41) is 20.0. The van der Waals surface area contributed by atoms with Crippen molar-refractivity contribution in [2.75, 3.05) is 13.1 Å². The monoisotopic (exact) mass is 306 g/mol. The zero-order valence-corrected chi connectivity index (χ0v) is 12.5. The van der Waals surface area contributed by atoms with E-state index < -0.39 is 16.8 Å². The van der Waals surface area contributed by atoms with Gasteiger partial charge in [-0.15, -0.1) is 0 Å². The fourth-order valence-corrected chi connectivity index (χ4v) is 2.82. The molecule has 2 unspecified atom stereocenters. The van der Waals surface area contributed by atoms with Crippen molar-refractivity contribution < 1.29 is 19.6 Å². The van der Waals surface area contributed by atoms with Crippen molar-refractivity contribution in [3.63, 3.8) is 0 Å². The molecule has 1 aromatic carbocycles. The Morgan fingerprint density at radius 2 is 2.09 bits per heavy atom. The first-order chi connectivity index (χ1) is 10.3. The van der Waals surface area contributed by atoms with Gasteiger partial charge in [0.25, 0.3) is 11.6 Å². The number of nitro benzene ring substituents is 1. The third-order valence-corrected chi connectivity index (χ3v) is 4.17. The first-order valence-corrected chi connectivity index (χ1v) is 7.08. The van der Waals surface area contributed by atoms with Crippen LogP contribution in [0.3, 0.4) is 0 Å². The number of carboxylic acid groups (broad SMARTS) is 1. The molecule has 7 nitrogen and oxygen atoms in total. The maximum atomic E-state index is 12.6. The van der Waals surface area contributed by atoms with Crippen molar-refractivity contribution in [3.05, 3.63) is 39.4 Å². The number of likely N-dealkylation sites (tertiary alicyclic amines) is 1. The molecular weight excluding hydrogens is 288 g/mol. The molecule has 0 radical (unpaired) electrons. The fraction of sp³-hybridized carbons (Fsp3) is 0.467. The Bertz CT molecular complexity index is 628. The SMILES string of the molecule is Cc1ccc([N+](=O)[O-])cc1C(=O)N1CCC(C(=O)O)C(C)C1. The summed E-state index contributed by atoms with van der Waals surface area (Å²) in [6, 6.07) is 4.20. The Morgan fingerprint density at radius 3 is 2.64 bits per heavy atom. The highest BCUT2D eigenvalue weighted by Crippen LogP contribution is 2.26. The van der Waals surface area contributed by atoms with Crippen molar-refractivity contribution in [1.82, 2.24) is 4.90 Å². The van der Waals surface area contributed by atoms with E-state index in [4.69, 9.17) is 5.11 Å². The molecule has 0 saturated carbocycles. The smallest absolute Gasteiger partial charge is 0.306 e. The van der Waals surface area contributed by atoms with Gasteiger partial charge in [0, 0.05) is 30.8 Å². The molecule has 1 saturated heterocycles. The van der Waals surface area contributed by atoms with E-state index in [1.807, 2.05) is 0 Å². The zero-order chi connectivity index (χ0) is 16.4. The second kappa shape index (κ2) is 6.13. The maximum absolute atomic E-state index is 12.6. The van der Waals surface area contributed by atoms with Gasteiger partial charge in [0.2, 0.25) is 0 Å². The predicted octanol–water partition coefficient (Wildman–Crippen LogP) is 2.09. The molecule has 1 N–H and O–H groups in total. The number of aryl methyl sites for hydroxylation is 1. The van der Waals surface area contributed by atoms with Gasteiger partial charge in [-0.25, -0.2) is 0 Å². The Kier molecular flexibility index (Phi) is 4.44. The van der Waals surface area contributed by atoms with Gasteiger partial charge in [-0.3, -0.25) is 19.7 Å². The molecule has 1 aliphatic rings. The molecule has 2 atom stereocenters. The van der Waals surface area contributed by atoms with Gasteiger partial charge in [0.05, 0.1) is 10.8 Å². The fourth-order valence-electron chi connectivity index (χ4n) is 2.82. The molecule has 2 rings (SSSR count). The summed E-state index contributed by atoms with van der Waals surface area (Å²) >= 11 is 0. The first kappa shape index (κ1) is 15.9. The molecule has 0 aliphatic carbocycles. The molecule has 118 valence electrons. The van der Waals surface area contributed by atoms with E-state index in [2.05, 4.69) is 0 Å². The summed E-state index contributed by atoms with van der Waals surface area (Å²) in [7, 11) is 0. The topological polar surface area (TPSA) is 101 Å². The van der Waals surface area contributed by atoms with Crippen molar-refractivity contribution >= 4 is 17.6 Å². The lowest BCUT2D eigenvalue weighted by Crippen LogP contribution is -2.45. The summed E-state index contributed by atoms with van der Waals surface area (Å²) in [5.41, 5.74) is 0.848. The maximum Gasteiger partial charge on any atom is 0.306 e. The molecule has 1 fully saturated rings. The summed E-state index contributed by atoms with van der Waals surface area (Å²) in [4.78, 5) is 35.6. The number of hydrogen-bond donors (Lipinski definition) is 1. The average molecular weight is 306 g/mol. The number of carbonyl (C=O) groups is 2. The number of nitrogens with zero attached hydrogens (tertiary/aromatic N) is 2. The number of piperidine rings is 1. The third kappa shape index (κ3) is 3.08. The van der Waals surface area contributed by atoms with Crippen LogP contribution in [0.1, 0.15) is 29.3 Å². The van der Waals surface area contributed by atoms with E-state index in [9.17, 15) is 19.7 Å². The van der Waals surface area contributed by atoms with Gasteiger partial charge < -0.3 is 10.0 Å². The van der Waals surface area contributed by atoms with Crippen LogP contribution in [0.2, 0.25) is 0 Å². The van der Waals surface area contributed by atoms with Gasteiger partial charge in [-0.05, 0) is 24.8 Å². The van der Waals surface area contributed by atoms with Crippen LogP contribution in [-0.2, 0) is 4.79 Å². The number of nitro groups is 1. The number of amides is 1. The first-order valence-electron chi connectivity index (χ1n) is 7.08. The molecule has 0 bridgehead atoms. The summed E-state index contributed by atoms with van der Waals surface area (Å²) < 4.78 is 0. The standard InChI is InChI=1S/C15H18N2O5/c1-9-3-4-11(17(21)22)7-13(9)14(18)16-6-5-12(15(19)20)10(2)8-16/h3-4,7,10,12H,5-6,8H2,1-2H3,(H,19,20). The molecule has 22 heavy (non-hydrogen) atoms. The van der Waals surface area contributed by atoms with Crippen LogP contribution < -0.4 is 0 Å². The van der Waals surface area contributed by atoms with Gasteiger partial charge in [0.15, 0.2) is 0 Å². The van der Waals surface area contributed by atoms with Crippen LogP contribution in [0.5, 0.6) is 0 Å². The van der Waals surface area contributed by atoms with Crippen LogP contribution in [0.4, 0.5) is 5.69 Å². The zero-order valence-electron chi connectivity index (χ0n) is 12.5. The van der Waals surface area contributed by atoms with Gasteiger partial charge in [0.1, 0.15) is 0 Å². The van der Waals surface area contributed by atoms with E-state index in [-0.39, 0.29) is 17.5 Å². The molecule has 0 aromatic heterocycles. The molecule has 1 amide bonds. The second-order valence-corrected chi connectivity index (χ2v) is 5.72. The lowest BCUT2D eigenvalue weighted by Gasteiger charge is -2.35. The van der Waals surface area contributed by atoms with Gasteiger partial charge >= 0.3 is 5.97 Å². The summed E-state index contributed by atoms with van der Waals surface area (Å²) in [6.45, 7) is 4.23. The van der Waals surface area contributed by atoms with Crippen LogP contribution in [0.25, 0.3) is 0 Å². The number of carboxylic acids is 1. The number of rotatable bonds is 3. The Balaban J connectivity index is 2.21. The minimum absolute atomic E-state index is 0.123. The van der Waals surface area contributed by atoms with Crippen LogP contribution >= 0.6 is 0 Å². The highest BCUT2D eigenvalue weighted by molar-refractivity contribution is 5.96. The normalized spacial score (nSPS) is 21.5. The summed E-state index contributed by atoms with van der Waals surface area (Å²) in [5.74, 6) is -1.72. The third-order valence-electron chi connectivity index (χ3n) is 4.17. The Labute approximate surface area is 127 Å². The second-order valence-electron chi connectivity index (χ2n) is 5.72. The van der Waals surface area contributed by atoms with E-state index in [1.165, 1.54) is 12.1 Å². The lowest BCUT2D eigenvalue weighted by molar-refractivity contribution is -0.384. The molecular formula is C15H18N2O5. The van der Waals surface area contributed by atoms with Crippen LogP contribution in [-0.4, -0.2) is 39.9 Å². The van der Waals surface area contributed by atoms with E-state index in [1.54, 1.807) is 24.8 Å². The number of hydrogen-bond acceptors (Lipinski definition) is 4. The quantitative estimate of drug-likeness (QED) is 0.680. The highest BCUT2D eigenvalue weighted by atomic mass is 16.6. The number of carbonyl (C=O) groups excluding carboxylic acids is 1. The minimum Gasteiger partial charge on any atom is -0.481 e. The summed E-state index contributed by atoms with van der Waals surface area (Å²) in [6.07, 6.45) is 0.399. The van der Waals surface area contributed by atoms with Crippen molar-refractivity contribution in [2.24, 2.45) is 11.8 Å². The molecule has 1 heterocycles. The van der Waals surface area contributed by atoms with Gasteiger partial charge in [-0.2, -0.15) is 0 Å². The predicted molar refractivity (Wildman–Crippen MR) is 78.6 cm³/mol. The van der Waals surface area contributed by atoms with Crippen LogP contribution in [0.15, 0.2) is 18.2 Å². The molecule has 1 aromatic rings. The number of benzene rings is 1. The van der Waals surface area contributed by atoms with E-state index in [0.717, 1.165) is 0 Å². The molecule has 0 spiro atoms. The Morgan fingerprint density at radius 1 is 1.41 bits per heavy atom. The van der Waals surface area contributed by atoms with Crippen molar-refractivity contribution in [1.29, 1.82) is 0 Å². The molecule has 1 aliphatic heterocycles. The van der Waals surface area contributed by atoms with Crippen molar-refractivity contribution in [3.8, 4) is 0 Å². The van der Waals surface area contributed by atoms with Gasteiger partial charge in [-0.1, -0.05) is 13.0 Å². The lowest BCUT2D eigenvalue weighted by atomic mass is 9.86. The van der Waals surface area contributed by atoms with Crippen LogP contribution in [0, 0.1) is 28.9 Å². The van der Waals surface area contributed by atoms with Crippen molar-refractivity contribution in [2.45, 2.75) is 20.3 Å². The minimum atomic E-state index is -0.842. The average Bonchev–Trinajstić information content (AvgIpc) is 2.46. The Hall–Kier alpha value is -2.44. The number of aliphatic carboxylic acids is 1. The van der Waals surface area contributed by atoms with E-state index in [0.29, 0.717) is 30.6 Å². The number of non-ortho nitro benzene ring substituents is 1. The molecule has 7 heteroatoms. The largest absolute Gasteiger partial charge is 0.481 e.